The monoisotopic (exact) mass is 765 g/mol. The zero-order valence-corrected chi connectivity index (χ0v) is 32.1. The third-order valence-electron chi connectivity index (χ3n) is 11.9. The second-order valence-corrected chi connectivity index (χ2v) is 18.2. The second-order valence-electron chi connectivity index (χ2n) is 16.0. The lowest BCUT2D eigenvalue weighted by atomic mass is 9.95. The summed E-state index contributed by atoms with van der Waals surface area (Å²) < 4.78 is 45.1. The lowest BCUT2D eigenvalue weighted by Crippen LogP contribution is -2.57. The molecule has 7 rings (SSSR count). The van der Waals surface area contributed by atoms with Crippen LogP contribution in [0.25, 0.3) is 11.0 Å². The molecule has 0 bridgehead atoms. The molecule has 1 saturated heterocycles. The minimum atomic E-state index is -3.98. The fourth-order valence-corrected chi connectivity index (χ4v) is 9.33. The summed E-state index contributed by atoms with van der Waals surface area (Å²) in [5.41, 5.74) is 0.224. The molecular weight excluding hydrogens is 715 g/mol. The first kappa shape index (κ1) is 38.0. The Hall–Kier alpha value is -4.27. The Kier molecular flexibility index (Phi) is 10.6. The summed E-state index contributed by atoms with van der Waals surface area (Å²) in [5, 5.41) is 2.91. The number of allylic oxidation sites excluding steroid dienone is 1. The number of nitrogens with one attached hydrogen (secondary N) is 2. The fraction of sp³-hybridized carbons (Fsp3) is 0.641. The van der Waals surface area contributed by atoms with Crippen LogP contribution in [0.3, 0.4) is 0 Å². The first-order chi connectivity index (χ1) is 25.8. The molecule has 0 spiro atoms. The van der Waals surface area contributed by atoms with Crippen molar-refractivity contribution in [2.75, 3.05) is 13.7 Å². The van der Waals surface area contributed by atoms with Crippen molar-refractivity contribution in [3.63, 3.8) is 0 Å². The maximum Gasteiger partial charge on any atom is 0.306 e. The van der Waals surface area contributed by atoms with Crippen molar-refractivity contribution < 1.29 is 41.8 Å². The lowest BCUT2D eigenvalue weighted by Gasteiger charge is -2.29. The standard InChI is InChI=1S/C39H51N5O9S/c1-24-35(41-31-20-28(51-3)15-16-30(31)40-24)53-29-21-32-34(46)42-39(37(48)43-54(49,50)38(2)17-18-38)22-26(39)12-8-6-4-5-7-11-25(36(47)44(32)23-29)19-33(45)52-27-13-9-10-14-27/h8,12,15-16,20,25-27,29,32H,4-7,9-11,13-14,17-19,21-23H2,1-3H3,(H,42,46)(H,43,48)/b12-8-/t25-,26-,29-,32+,39-/m1/s1. The van der Waals surface area contributed by atoms with Crippen LogP contribution in [0.1, 0.15) is 103 Å². The predicted octanol–water partition coefficient (Wildman–Crippen LogP) is 4.18. The zero-order valence-electron chi connectivity index (χ0n) is 31.3. The van der Waals surface area contributed by atoms with E-state index in [4.69, 9.17) is 19.2 Å². The second kappa shape index (κ2) is 15.1. The highest BCUT2D eigenvalue weighted by Gasteiger charge is 2.63. The van der Waals surface area contributed by atoms with Gasteiger partial charge in [-0.15, -0.1) is 0 Å². The number of carbonyl (C=O) groups is 4. The van der Waals surface area contributed by atoms with Crippen LogP contribution in [0.2, 0.25) is 0 Å². The summed E-state index contributed by atoms with van der Waals surface area (Å²) >= 11 is 0. The Labute approximate surface area is 316 Å². The van der Waals surface area contributed by atoms with Crippen LogP contribution in [0.5, 0.6) is 11.6 Å². The molecule has 15 heteroatoms. The molecule has 2 aliphatic heterocycles. The van der Waals surface area contributed by atoms with Gasteiger partial charge in [0, 0.05) is 24.3 Å². The largest absolute Gasteiger partial charge is 0.497 e. The molecule has 5 atom stereocenters. The van der Waals surface area contributed by atoms with Crippen molar-refractivity contribution in [2.45, 2.75) is 132 Å². The number of carbonyl (C=O) groups excluding carboxylic acids is 4. The molecule has 1 aromatic heterocycles. The molecule has 0 unspecified atom stereocenters. The lowest BCUT2D eigenvalue weighted by molar-refractivity contribution is -0.154. The quantitative estimate of drug-likeness (QED) is 0.276. The number of aromatic nitrogens is 2. The molecule has 3 saturated carbocycles. The van der Waals surface area contributed by atoms with Crippen molar-refractivity contribution in [1.29, 1.82) is 0 Å². The van der Waals surface area contributed by atoms with Gasteiger partial charge >= 0.3 is 5.97 Å². The van der Waals surface area contributed by atoms with Gasteiger partial charge in [-0.25, -0.2) is 18.4 Å². The summed E-state index contributed by atoms with van der Waals surface area (Å²) in [6.07, 6.45) is 11.3. The number of benzene rings is 1. The number of aryl methyl sites for hydroxylation is 1. The molecule has 2 aromatic rings. The van der Waals surface area contributed by atoms with E-state index in [0.717, 1.165) is 44.9 Å². The molecule has 54 heavy (non-hydrogen) atoms. The van der Waals surface area contributed by atoms with Crippen LogP contribution in [-0.4, -0.2) is 89.2 Å². The molecule has 0 radical (unpaired) electrons. The Morgan fingerprint density at radius 3 is 2.52 bits per heavy atom. The highest BCUT2D eigenvalue weighted by molar-refractivity contribution is 7.91. The third kappa shape index (κ3) is 7.92. The van der Waals surface area contributed by atoms with Crippen molar-refractivity contribution in [2.24, 2.45) is 11.8 Å². The van der Waals surface area contributed by atoms with Crippen molar-refractivity contribution in [1.82, 2.24) is 24.9 Å². The molecular formula is C39H51N5O9S. The normalized spacial score (nSPS) is 29.2. The molecule has 3 heterocycles. The van der Waals surface area contributed by atoms with Crippen LogP contribution in [0.15, 0.2) is 30.4 Å². The van der Waals surface area contributed by atoms with Crippen LogP contribution >= 0.6 is 0 Å². The van der Waals surface area contributed by atoms with Crippen LogP contribution in [-0.2, 0) is 33.9 Å². The summed E-state index contributed by atoms with van der Waals surface area (Å²) in [6, 6.07) is 4.27. The smallest absolute Gasteiger partial charge is 0.306 e. The number of amides is 3. The Morgan fingerprint density at radius 1 is 1.02 bits per heavy atom. The van der Waals surface area contributed by atoms with E-state index in [1.807, 2.05) is 12.2 Å². The van der Waals surface area contributed by atoms with Crippen molar-refractivity contribution in [3.8, 4) is 11.6 Å². The van der Waals surface area contributed by atoms with E-state index in [0.29, 0.717) is 48.2 Å². The topological polar surface area (TPSA) is 183 Å². The van der Waals surface area contributed by atoms with E-state index in [2.05, 4.69) is 15.0 Å². The summed E-state index contributed by atoms with van der Waals surface area (Å²) in [4.78, 5) is 66.8. The van der Waals surface area contributed by atoms with Gasteiger partial charge in [0.2, 0.25) is 27.7 Å². The van der Waals surface area contributed by atoms with Crippen LogP contribution < -0.4 is 19.5 Å². The van der Waals surface area contributed by atoms with Gasteiger partial charge in [-0.05, 0) is 90.2 Å². The number of fused-ring (bicyclic) bond motifs is 3. The molecule has 292 valence electrons. The molecule has 3 amide bonds. The average Bonchev–Trinajstić information content (AvgIpc) is 3.91. The first-order valence-corrected chi connectivity index (χ1v) is 20.8. The van der Waals surface area contributed by atoms with Gasteiger partial charge in [0.05, 0.1) is 35.9 Å². The fourth-order valence-electron chi connectivity index (χ4n) is 8.02. The van der Waals surface area contributed by atoms with Gasteiger partial charge in [-0.2, -0.15) is 0 Å². The summed E-state index contributed by atoms with van der Waals surface area (Å²) in [7, 11) is -2.42. The molecule has 2 N–H and O–H groups in total. The Bertz CT molecular complexity index is 1940. The summed E-state index contributed by atoms with van der Waals surface area (Å²) in [5.74, 6) is -2.46. The van der Waals surface area contributed by atoms with Gasteiger partial charge in [0.25, 0.3) is 5.91 Å². The first-order valence-electron chi connectivity index (χ1n) is 19.4. The van der Waals surface area contributed by atoms with Gasteiger partial charge in [0.1, 0.15) is 35.2 Å². The molecule has 4 fully saturated rings. The number of hydrogen-bond donors (Lipinski definition) is 2. The number of hydrogen-bond acceptors (Lipinski definition) is 11. The summed E-state index contributed by atoms with van der Waals surface area (Å²) in [6.45, 7) is 3.39. The molecule has 5 aliphatic rings. The van der Waals surface area contributed by atoms with Gasteiger partial charge in [-0.3, -0.25) is 23.9 Å². The zero-order chi connectivity index (χ0) is 38.3. The van der Waals surface area contributed by atoms with E-state index in [1.54, 1.807) is 39.2 Å². The number of nitrogens with zero attached hydrogens (tertiary/aromatic N) is 3. The minimum absolute atomic E-state index is 0.0254. The number of rotatable bonds is 9. The number of ether oxygens (including phenoxy) is 3. The van der Waals surface area contributed by atoms with Crippen molar-refractivity contribution >= 4 is 44.7 Å². The molecule has 1 aromatic carbocycles. The van der Waals surface area contributed by atoms with Crippen molar-refractivity contribution in [3.05, 3.63) is 36.0 Å². The third-order valence-corrected chi connectivity index (χ3v) is 14.0. The van der Waals surface area contributed by atoms with Crippen LogP contribution in [0, 0.1) is 18.8 Å². The highest BCUT2D eigenvalue weighted by Crippen LogP contribution is 2.47. The maximum absolute atomic E-state index is 14.6. The number of sulfonamides is 1. The minimum Gasteiger partial charge on any atom is -0.497 e. The van der Waals surface area contributed by atoms with Gasteiger partial charge in [0.15, 0.2) is 0 Å². The molecule has 14 nitrogen and oxygen atoms in total. The SMILES string of the molecule is COc1ccc2nc(C)c(O[C@@H]3C[C@H]4C(=O)N[C@]5(C(=O)NS(=O)(=O)C6(C)CC6)C[C@H]5/C=C\CCCCC[C@H](CC(=O)OC5CCCC5)C(=O)N4C3)nc2c1. The maximum atomic E-state index is 14.6. The van der Waals surface area contributed by atoms with E-state index in [9.17, 15) is 27.6 Å². The molecule has 3 aliphatic carbocycles. The average molecular weight is 766 g/mol. The Balaban J connectivity index is 1.17. The predicted molar refractivity (Wildman–Crippen MR) is 198 cm³/mol. The van der Waals surface area contributed by atoms with E-state index in [1.165, 1.54) is 4.90 Å². The Morgan fingerprint density at radius 2 is 1.78 bits per heavy atom. The number of methoxy groups -OCH3 is 1. The van der Waals surface area contributed by atoms with Gasteiger partial charge < -0.3 is 24.4 Å². The highest BCUT2D eigenvalue weighted by atomic mass is 32.2. The van der Waals surface area contributed by atoms with E-state index < -0.39 is 62.1 Å². The van der Waals surface area contributed by atoms with Gasteiger partial charge in [-0.1, -0.05) is 25.0 Å². The van der Waals surface area contributed by atoms with E-state index >= 15 is 0 Å². The van der Waals surface area contributed by atoms with Crippen LogP contribution in [0.4, 0.5) is 0 Å². The van der Waals surface area contributed by atoms with E-state index in [-0.39, 0.29) is 43.7 Å². The number of esters is 1.